The van der Waals surface area contributed by atoms with Gasteiger partial charge in [-0.05, 0) is 44.7 Å². The average Bonchev–Trinajstić information content (AvgIpc) is 3.15. The van der Waals surface area contributed by atoms with Gasteiger partial charge in [-0.1, -0.05) is 121 Å². The van der Waals surface area contributed by atoms with E-state index >= 15 is 0 Å². The molecule has 1 aliphatic rings. The Hall–Kier alpha value is -6.28. The van der Waals surface area contributed by atoms with E-state index in [-0.39, 0.29) is 44.3 Å². The first-order chi connectivity index (χ1) is 23.8. The SMILES string of the molecule is OC1=C(O)C(O)C(O)c2c1c(-c1ccccc1)c1c(O)c(O)c(-c3ccccc3)c(O)c1c2-c1ccc(-c2ccc3ccccc3c2)cc1. The molecule has 2 unspecified atom stereocenters. The van der Waals surface area contributed by atoms with E-state index < -0.39 is 35.2 Å². The van der Waals surface area contributed by atoms with Crippen LogP contribution in [0.1, 0.15) is 17.2 Å². The highest BCUT2D eigenvalue weighted by Gasteiger charge is 2.41. The lowest BCUT2D eigenvalue weighted by Gasteiger charge is -2.32. The van der Waals surface area contributed by atoms with Crippen LogP contribution in [0.3, 0.4) is 0 Å². The minimum atomic E-state index is -1.88. The zero-order chi connectivity index (χ0) is 34.0. The predicted molar refractivity (Wildman–Crippen MR) is 191 cm³/mol. The molecular formula is C42H30O7. The molecule has 7 aromatic carbocycles. The number of aliphatic hydroxyl groups excluding tert-OH is 4. The number of hydrogen-bond acceptors (Lipinski definition) is 7. The summed E-state index contributed by atoms with van der Waals surface area (Å²) in [6.07, 6.45) is -3.63. The second-order valence-electron chi connectivity index (χ2n) is 12.2. The maximum atomic E-state index is 12.2. The topological polar surface area (TPSA) is 142 Å². The van der Waals surface area contributed by atoms with Crippen molar-refractivity contribution in [1.82, 2.24) is 0 Å². The number of benzene rings is 7. The molecule has 0 heterocycles. The number of aromatic hydroxyl groups is 3. The number of hydrogen-bond donors (Lipinski definition) is 7. The second-order valence-corrected chi connectivity index (χ2v) is 12.2. The van der Waals surface area contributed by atoms with Crippen LogP contribution in [0, 0.1) is 0 Å². The molecule has 7 N–H and O–H groups in total. The summed E-state index contributed by atoms with van der Waals surface area (Å²) < 4.78 is 0. The molecule has 7 heteroatoms. The Morgan fingerprint density at radius 1 is 0.367 bits per heavy atom. The van der Waals surface area contributed by atoms with Gasteiger partial charge in [0.2, 0.25) is 0 Å². The van der Waals surface area contributed by atoms with E-state index in [2.05, 4.69) is 6.07 Å². The number of rotatable bonds is 4. The van der Waals surface area contributed by atoms with Crippen molar-refractivity contribution >= 4 is 27.3 Å². The molecule has 0 aromatic heterocycles. The first-order valence-corrected chi connectivity index (χ1v) is 15.8. The second kappa shape index (κ2) is 11.5. The quantitative estimate of drug-likeness (QED) is 0.0748. The molecule has 7 aromatic rings. The summed E-state index contributed by atoms with van der Waals surface area (Å²) >= 11 is 0. The van der Waals surface area contributed by atoms with Crippen LogP contribution in [0.15, 0.2) is 133 Å². The van der Waals surface area contributed by atoms with Gasteiger partial charge in [0.1, 0.15) is 18.0 Å². The lowest BCUT2D eigenvalue weighted by atomic mass is 9.76. The summed E-state index contributed by atoms with van der Waals surface area (Å²) in [5.41, 5.74) is 3.50. The van der Waals surface area contributed by atoms with E-state index in [9.17, 15) is 35.7 Å². The van der Waals surface area contributed by atoms with Crippen molar-refractivity contribution in [2.75, 3.05) is 0 Å². The fraction of sp³-hybridized carbons (Fsp3) is 0.0476. The van der Waals surface area contributed by atoms with E-state index in [1.54, 1.807) is 72.8 Å². The molecule has 2 atom stereocenters. The van der Waals surface area contributed by atoms with Gasteiger partial charge in [0, 0.05) is 33.0 Å². The van der Waals surface area contributed by atoms with Gasteiger partial charge in [-0.2, -0.15) is 0 Å². The molecule has 0 aliphatic heterocycles. The smallest absolute Gasteiger partial charge is 0.169 e. The first-order valence-electron chi connectivity index (χ1n) is 15.8. The van der Waals surface area contributed by atoms with Gasteiger partial charge in [0.15, 0.2) is 23.0 Å². The van der Waals surface area contributed by atoms with Crippen LogP contribution in [-0.4, -0.2) is 41.8 Å². The van der Waals surface area contributed by atoms with Crippen LogP contribution in [0.4, 0.5) is 0 Å². The third-order valence-corrected chi connectivity index (χ3v) is 9.45. The van der Waals surface area contributed by atoms with Crippen molar-refractivity contribution in [3.8, 4) is 61.8 Å². The molecule has 0 amide bonds. The summed E-state index contributed by atoms with van der Waals surface area (Å²) in [5, 5.41) is 82.8. The van der Waals surface area contributed by atoms with Crippen molar-refractivity contribution in [3.63, 3.8) is 0 Å². The largest absolute Gasteiger partial charge is 0.506 e. The van der Waals surface area contributed by atoms with Gasteiger partial charge in [0.05, 0.1) is 5.56 Å². The van der Waals surface area contributed by atoms with Crippen LogP contribution < -0.4 is 0 Å². The summed E-state index contributed by atoms with van der Waals surface area (Å²) in [6.45, 7) is 0. The number of phenolic OH excluding ortho intramolecular Hbond substituents is 3. The van der Waals surface area contributed by atoms with E-state index in [0.717, 1.165) is 21.9 Å². The average molecular weight is 647 g/mol. The van der Waals surface area contributed by atoms with E-state index in [1.165, 1.54) is 0 Å². The van der Waals surface area contributed by atoms with Crippen LogP contribution >= 0.6 is 0 Å². The third-order valence-electron chi connectivity index (χ3n) is 9.45. The maximum Gasteiger partial charge on any atom is 0.169 e. The summed E-state index contributed by atoms with van der Waals surface area (Å²) in [7, 11) is 0. The number of phenols is 3. The molecule has 0 bridgehead atoms. The minimum absolute atomic E-state index is 0.0174. The molecule has 240 valence electrons. The lowest BCUT2D eigenvalue weighted by Crippen LogP contribution is -2.28. The Kier molecular flexibility index (Phi) is 7.03. The van der Waals surface area contributed by atoms with Gasteiger partial charge >= 0.3 is 0 Å². The highest BCUT2D eigenvalue weighted by atomic mass is 16.4. The Morgan fingerprint density at radius 2 is 0.878 bits per heavy atom. The highest BCUT2D eigenvalue weighted by Crippen LogP contribution is 2.59. The molecule has 49 heavy (non-hydrogen) atoms. The molecule has 1 aliphatic carbocycles. The molecular weight excluding hydrogens is 616 g/mol. The Morgan fingerprint density at radius 3 is 1.53 bits per heavy atom. The van der Waals surface area contributed by atoms with Crippen LogP contribution in [0.5, 0.6) is 17.2 Å². The summed E-state index contributed by atoms with van der Waals surface area (Å²) in [4.78, 5) is 0. The Balaban J connectivity index is 1.51. The zero-order valence-corrected chi connectivity index (χ0v) is 25.9. The standard InChI is InChI=1S/C42H30O7/c43-36-31(25-12-5-2-6-13-25)37(44)38(45)33-29(24-10-3-1-4-11-24)34-35(40(47)42(49)41(48)39(34)46)30(32(33)36)26-18-15-23(16-19-26)28-20-17-22-9-7-8-14-27(22)21-28/h1-21,40,42-49H. The van der Waals surface area contributed by atoms with E-state index in [0.29, 0.717) is 16.7 Å². The molecule has 0 fully saturated rings. The molecule has 7 nitrogen and oxygen atoms in total. The summed E-state index contributed by atoms with van der Waals surface area (Å²) in [6, 6.07) is 38.8. The van der Waals surface area contributed by atoms with Gasteiger partial charge in [0.25, 0.3) is 0 Å². The minimum Gasteiger partial charge on any atom is -0.506 e. The van der Waals surface area contributed by atoms with Gasteiger partial charge in [-0.3, -0.25) is 0 Å². The van der Waals surface area contributed by atoms with Crippen molar-refractivity contribution < 1.29 is 35.7 Å². The highest BCUT2D eigenvalue weighted by molar-refractivity contribution is 6.19. The predicted octanol–water partition coefficient (Wildman–Crippen LogP) is 8.97. The van der Waals surface area contributed by atoms with Crippen LogP contribution in [-0.2, 0) is 0 Å². The monoisotopic (exact) mass is 646 g/mol. The maximum absolute atomic E-state index is 12.2. The molecule has 0 saturated carbocycles. The molecule has 0 spiro atoms. The normalized spacial score (nSPS) is 15.9. The van der Waals surface area contributed by atoms with Gasteiger partial charge < -0.3 is 35.7 Å². The van der Waals surface area contributed by atoms with Gasteiger partial charge in [-0.25, -0.2) is 0 Å². The van der Waals surface area contributed by atoms with Crippen molar-refractivity contribution in [3.05, 3.63) is 144 Å². The summed E-state index contributed by atoms with van der Waals surface area (Å²) in [5.74, 6) is -3.09. The molecule has 0 radical (unpaired) electrons. The fourth-order valence-electron chi connectivity index (χ4n) is 7.10. The van der Waals surface area contributed by atoms with Crippen LogP contribution in [0.2, 0.25) is 0 Å². The first kappa shape index (κ1) is 30.1. The number of aliphatic hydroxyl groups is 4. The van der Waals surface area contributed by atoms with Gasteiger partial charge in [-0.15, -0.1) is 0 Å². The van der Waals surface area contributed by atoms with E-state index in [1.807, 2.05) is 48.5 Å². The number of fused-ring (bicyclic) bond motifs is 3. The van der Waals surface area contributed by atoms with Crippen molar-refractivity contribution in [2.24, 2.45) is 0 Å². The third kappa shape index (κ3) is 4.59. The fourth-order valence-corrected chi connectivity index (χ4v) is 7.10. The van der Waals surface area contributed by atoms with Crippen molar-refractivity contribution in [2.45, 2.75) is 12.2 Å². The van der Waals surface area contributed by atoms with Crippen LogP contribution in [0.25, 0.3) is 71.8 Å². The van der Waals surface area contributed by atoms with E-state index in [4.69, 9.17) is 0 Å². The molecule has 0 saturated heterocycles. The Bertz CT molecular complexity index is 2450. The van der Waals surface area contributed by atoms with Crippen molar-refractivity contribution in [1.29, 1.82) is 0 Å². The molecule has 8 rings (SSSR count). The Labute approximate surface area is 280 Å². The lowest BCUT2D eigenvalue weighted by molar-refractivity contribution is 0.0129. The zero-order valence-electron chi connectivity index (χ0n) is 25.9.